The topological polar surface area (TPSA) is 12.5 Å². The molecule has 0 aromatic heterocycles. The van der Waals surface area contributed by atoms with Gasteiger partial charge < -0.3 is 9.64 Å². The Hall–Kier alpha value is -0.730. The van der Waals surface area contributed by atoms with Crippen LogP contribution in [0.2, 0.25) is 0 Å². The van der Waals surface area contributed by atoms with Gasteiger partial charge in [0.25, 0.3) is 0 Å². The first-order valence-corrected chi connectivity index (χ1v) is 6.66. The maximum absolute atomic E-state index is 6.00. The van der Waals surface area contributed by atoms with Crippen LogP contribution in [-0.4, -0.2) is 25.8 Å². The minimum absolute atomic E-state index is 0.0301. The molecule has 2 nitrogen and oxygen atoms in total. The van der Waals surface area contributed by atoms with Crippen LogP contribution in [0.15, 0.2) is 24.3 Å². The van der Waals surface area contributed by atoms with Crippen LogP contribution < -0.4 is 4.90 Å². The zero-order chi connectivity index (χ0) is 12.3. The monoisotopic (exact) mass is 253 g/mol. The molecule has 3 heteroatoms. The number of para-hydroxylation sites is 1. The van der Waals surface area contributed by atoms with Gasteiger partial charge in [-0.1, -0.05) is 18.2 Å². The van der Waals surface area contributed by atoms with Gasteiger partial charge in [-0.2, -0.15) is 0 Å². The van der Waals surface area contributed by atoms with Gasteiger partial charge in [-0.15, -0.1) is 11.6 Å². The van der Waals surface area contributed by atoms with Crippen LogP contribution in [0.4, 0.5) is 5.69 Å². The molecule has 1 saturated heterocycles. The van der Waals surface area contributed by atoms with Crippen molar-refractivity contribution in [2.24, 2.45) is 0 Å². The predicted octanol–water partition coefficient (Wildman–Crippen LogP) is 3.43. The third-order valence-electron chi connectivity index (χ3n) is 3.63. The van der Waals surface area contributed by atoms with E-state index >= 15 is 0 Å². The molecule has 0 bridgehead atoms. The number of rotatable bonds is 3. The molecule has 0 aliphatic carbocycles. The highest BCUT2D eigenvalue weighted by molar-refractivity contribution is 6.17. The quantitative estimate of drug-likeness (QED) is 0.766. The highest BCUT2D eigenvalue weighted by Crippen LogP contribution is 2.30. The van der Waals surface area contributed by atoms with Gasteiger partial charge in [0, 0.05) is 31.8 Å². The van der Waals surface area contributed by atoms with E-state index in [-0.39, 0.29) is 5.60 Å². The van der Waals surface area contributed by atoms with Crippen molar-refractivity contribution in [2.45, 2.75) is 31.2 Å². The summed E-state index contributed by atoms with van der Waals surface area (Å²) in [5.74, 6) is 0.566. The van der Waals surface area contributed by atoms with Gasteiger partial charge in [0.2, 0.25) is 0 Å². The largest absolute Gasteiger partial charge is 0.377 e. The SMILES string of the molecule is COC1(C)CCCN(c2ccccc2CCl)C1. The zero-order valence-corrected chi connectivity index (χ0v) is 11.3. The Bertz CT molecular complexity index is 382. The molecule has 1 atom stereocenters. The predicted molar refractivity (Wildman–Crippen MR) is 72.9 cm³/mol. The number of piperidine rings is 1. The lowest BCUT2D eigenvalue weighted by Crippen LogP contribution is -2.47. The van der Waals surface area contributed by atoms with E-state index in [9.17, 15) is 0 Å². The van der Waals surface area contributed by atoms with Gasteiger partial charge in [-0.3, -0.25) is 0 Å². The van der Waals surface area contributed by atoms with E-state index in [1.165, 1.54) is 17.7 Å². The maximum atomic E-state index is 6.00. The molecule has 0 radical (unpaired) electrons. The first-order valence-electron chi connectivity index (χ1n) is 6.12. The van der Waals surface area contributed by atoms with Crippen molar-refractivity contribution in [3.05, 3.63) is 29.8 Å². The molecule has 0 saturated carbocycles. The molecule has 1 fully saturated rings. The second-order valence-electron chi connectivity index (χ2n) is 4.94. The number of hydrogen-bond donors (Lipinski definition) is 0. The zero-order valence-electron chi connectivity index (χ0n) is 10.6. The number of hydrogen-bond acceptors (Lipinski definition) is 2. The molecule has 2 rings (SSSR count). The Balaban J connectivity index is 2.22. The Morgan fingerprint density at radius 3 is 2.88 bits per heavy atom. The highest BCUT2D eigenvalue weighted by Gasteiger charge is 2.31. The average Bonchev–Trinajstić information content (AvgIpc) is 2.39. The van der Waals surface area contributed by atoms with Gasteiger partial charge >= 0.3 is 0 Å². The van der Waals surface area contributed by atoms with Crippen LogP contribution in [0.5, 0.6) is 0 Å². The average molecular weight is 254 g/mol. The van der Waals surface area contributed by atoms with E-state index < -0.39 is 0 Å². The van der Waals surface area contributed by atoms with Crippen molar-refractivity contribution in [1.29, 1.82) is 0 Å². The summed E-state index contributed by atoms with van der Waals surface area (Å²) in [5, 5.41) is 0. The second kappa shape index (κ2) is 5.28. The van der Waals surface area contributed by atoms with Crippen molar-refractivity contribution >= 4 is 17.3 Å². The van der Waals surface area contributed by atoms with Crippen molar-refractivity contribution in [1.82, 2.24) is 0 Å². The maximum Gasteiger partial charge on any atom is 0.0825 e. The summed E-state index contributed by atoms with van der Waals surface area (Å²) >= 11 is 6.00. The van der Waals surface area contributed by atoms with E-state index in [2.05, 4.69) is 30.0 Å². The van der Waals surface area contributed by atoms with Crippen LogP contribution in [0.1, 0.15) is 25.3 Å². The molecule has 1 unspecified atom stereocenters. The van der Waals surface area contributed by atoms with Gasteiger partial charge in [-0.05, 0) is 31.4 Å². The summed E-state index contributed by atoms with van der Waals surface area (Å²) in [4.78, 5) is 2.39. The Labute approximate surface area is 109 Å². The Morgan fingerprint density at radius 2 is 2.18 bits per heavy atom. The van der Waals surface area contributed by atoms with E-state index in [0.717, 1.165) is 19.5 Å². The lowest BCUT2D eigenvalue weighted by molar-refractivity contribution is -0.00467. The summed E-state index contributed by atoms with van der Waals surface area (Å²) in [6, 6.07) is 8.37. The van der Waals surface area contributed by atoms with Crippen LogP contribution in [0.25, 0.3) is 0 Å². The standard InChI is InChI=1S/C14H20ClNO/c1-14(17-2)8-5-9-16(11-14)13-7-4-3-6-12(13)10-15/h3-4,6-7H,5,8-11H2,1-2H3. The van der Waals surface area contributed by atoms with Crippen LogP contribution >= 0.6 is 11.6 Å². The number of nitrogens with zero attached hydrogens (tertiary/aromatic N) is 1. The smallest absolute Gasteiger partial charge is 0.0825 e. The lowest BCUT2D eigenvalue weighted by Gasteiger charge is -2.41. The first-order chi connectivity index (χ1) is 8.18. The van der Waals surface area contributed by atoms with Gasteiger partial charge in [-0.25, -0.2) is 0 Å². The van der Waals surface area contributed by atoms with E-state index in [0.29, 0.717) is 5.88 Å². The third-order valence-corrected chi connectivity index (χ3v) is 3.92. The fourth-order valence-electron chi connectivity index (χ4n) is 2.51. The number of halogens is 1. The molecule has 0 spiro atoms. The molecular weight excluding hydrogens is 234 g/mol. The van der Waals surface area contributed by atoms with Gasteiger partial charge in [0.1, 0.15) is 0 Å². The molecule has 1 aliphatic rings. The Morgan fingerprint density at radius 1 is 1.41 bits per heavy atom. The first kappa shape index (κ1) is 12.7. The van der Waals surface area contributed by atoms with Crippen LogP contribution in [0.3, 0.4) is 0 Å². The molecule has 1 aliphatic heterocycles. The minimum Gasteiger partial charge on any atom is -0.377 e. The number of anilines is 1. The second-order valence-corrected chi connectivity index (χ2v) is 5.21. The normalized spacial score (nSPS) is 25.0. The van der Waals surface area contributed by atoms with Crippen molar-refractivity contribution in [3.8, 4) is 0 Å². The molecule has 1 aromatic rings. The van der Waals surface area contributed by atoms with Crippen LogP contribution in [-0.2, 0) is 10.6 Å². The van der Waals surface area contributed by atoms with E-state index in [1.807, 2.05) is 6.07 Å². The summed E-state index contributed by atoms with van der Waals surface area (Å²) < 4.78 is 5.63. The summed E-state index contributed by atoms with van der Waals surface area (Å²) in [6.07, 6.45) is 2.30. The lowest BCUT2D eigenvalue weighted by atomic mass is 9.94. The van der Waals surface area contributed by atoms with Gasteiger partial charge in [0.15, 0.2) is 0 Å². The van der Waals surface area contributed by atoms with Crippen molar-refractivity contribution < 1.29 is 4.74 Å². The van der Waals surface area contributed by atoms with Crippen molar-refractivity contribution in [3.63, 3.8) is 0 Å². The number of alkyl halides is 1. The molecular formula is C14H20ClNO. The fourth-order valence-corrected chi connectivity index (χ4v) is 2.74. The van der Waals surface area contributed by atoms with E-state index in [1.54, 1.807) is 7.11 Å². The van der Waals surface area contributed by atoms with Crippen LogP contribution in [0, 0.1) is 0 Å². The molecule has 0 N–H and O–H groups in total. The molecule has 1 aromatic carbocycles. The number of methoxy groups -OCH3 is 1. The molecule has 94 valence electrons. The van der Waals surface area contributed by atoms with Crippen molar-refractivity contribution in [2.75, 3.05) is 25.1 Å². The minimum atomic E-state index is -0.0301. The molecule has 0 amide bonds. The van der Waals surface area contributed by atoms with Gasteiger partial charge in [0.05, 0.1) is 5.60 Å². The number of benzene rings is 1. The molecule has 1 heterocycles. The summed E-state index contributed by atoms with van der Waals surface area (Å²) in [6.45, 7) is 4.22. The highest BCUT2D eigenvalue weighted by atomic mass is 35.5. The van der Waals surface area contributed by atoms with E-state index in [4.69, 9.17) is 16.3 Å². The molecule has 17 heavy (non-hydrogen) atoms. The Kier molecular flexibility index (Phi) is 3.95. The number of ether oxygens (including phenoxy) is 1. The summed E-state index contributed by atoms with van der Waals surface area (Å²) in [7, 11) is 1.80. The fraction of sp³-hybridized carbons (Fsp3) is 0.571. The third kappa shape index (κ3) is 2.75. The summed E-state index contributed by atoms with van der Waals surface area (Å²) in [5.41, 5.74) is 2.43.